The van der Waals surface area contributed by atoms with Crippen LogP contribution >= 0.6 is 0 Å². The van der Waals surface area contributed by atoms with Gasteiger partial charge in [0.1, 0.15) is 11.5 Å². The predicted octanol–water partition coefficient (Wildman–Crippen LogP) is 1.73. The van der Waals surface area contributed by atoms with Crippen molar-refractivity contribution in [1.82, 2.24) is 14.7 Å². The maximum Gasteiger partial charge on any atom is 0.293 e. The van der Waals surface area contributed by atoms with E-state index in [-0.39, 0.29) is 11.6 Å². The fourth-order valence-corrected chi connectivity index (χ4v) is 1.63. The van der Waals surface area contributed by atoms with Gasteiger partial charge in [-0.3, -0.25) is 4.79 Å². The maximum absolute atomic E-state index is 12.0. The summed E-state index contributed by atoms with van der Waals surface area (Å²) >= 11 is 0. The van der Waals surface area contributed by atoms with Crippen LogP contribution in [-0.2, 0) is 6.54 Å². The molecular formula is C12H16N4O2. The van der Waals surface area contributed by atoms with E-state index in [4.69, 9.17) is 4.52 Å². The number of rotatable bonds is 4. The molecule has 2 aromatic heterocycles. The molecule has 2 heterocycles. The van der Waals surface area contributed by atoms with Crippen molar-refractivity contribution in [1.29, 1.82) is 0 Å². The minimum atomic E-state index is -0.132. The van der Waals surface area contributed by atoms with Gasteiger partial charge >= 0.3 is 0 Å². The number of anilines is 1. The van der Waals surface area contributed by atoms with Crippen molar-refractivity contribution in [2.45, 2.75) is 33.4 Å². The molecule has 0 radical (unpaired) electrons. The SMILES string of the molecule is Cc1cc(CNc2nccn(C(C)C)c2=O)no1. The zero-order chi connectivity index (χ0) is 13.1. The smallest absolute Gasteiger partial charge is 0.293 e. The van der Waals surface area contributed by atoms with Gasteiger partial charge in [-0.2, -0.15) is 0 Å². The molecule has 96 valence electrons. The van der Waals surface area contributed by atoms with E-state index < -0.39 is 0 Å². The molecule has 0 aliphatic rings. The molecule has 0 fully saturated rings. The summed E-state index contributed by atoms with van der Waals surface area (Å²) in [4.78, 5) is 16.1. The predicted molar refractivity (Wildman–Crippen MR) is 67.4 cm³/mol. The number of aryl methyl sites for hydroxylation is 1. The lowest BCUT2D eigenvalue weighted by Crippen LogP contribution is -2.25. The summed E-state index contributed by atoms with van der Waals surface area (Å²) < 4.78 is 6.58. The van der Waals surface area contributed by atoms with E-state index in [0.29, 0.717) is 12.4 Å². The Morgan fingerprint density at radius 2 is 2.28 bits per heavy atom. The number of nitrogens with one attached hydrogen (secondary N) is 1. The first-order valence-corrected chi connectivity index (χ1v) is 5.81. The summed E-state index contributed by atoms with van der Waals surface area (Å²) in [6, 6.07) is 1.92. The van der Waals surface area contributed by atoms with Crippen molar-refractivity contribution >= 4 is 5.82 Å². The van der Waals surface area contributed by atoms with Crippen LogP contribution in [0.1, 0.15) is 31.3 Å². The van der Waals surface area contributed by atoms with E-state index in [9.17, 15) is 4.79 Å². The molecule has 0 bridgehead atoms. The second-order valence-corrected chi connectivity index (χ2v) is 4.36. The highest BCUT2D eigenvalue weighted by Gasteiger charge is 2.07. The van der Waals surface area contributed by atoms with Gasteiger partial charge in [0.15, 0.2) is 5.82 Å². The first kappa shape index (κ1) is 12.3. The van der Waals surface area contributed by atoms with Crippen LogP contribution in [0.5, 0.6) is 0 Å². The summed E-state index contributed by atoms with van der Waals surface area (Å²) in [6.45, 7) is 6.14. The van der Waals surface area contributed by atoms with Gasteiger partial charge in [0.2, 0.25) is 0 Å². The second kappa shape index (κ2) is 5.03. The summed E-state index contributed by atoms with van der Waals surface area (Å²) in [6.07, 6.45) is 3.29. The van der Waals surface area contributed by atoms with Gasteiger partial charge in [-0.05, 0) is 20.8 Å². The first-order valence-electron chi connectivity index (χ1n) is 5.81. The topological polar surface area (TPSA) is 73.0 Å². The lowest BCUT2D eigenvalue weighted by molar-refractivity contribution is 0.391. The van der Waals surface area contributed by atoms with Crippen molar-refractivity contribution in [2.75, 3.05) is 5.32 Å². The molecule has 1 N–H and O–H groups in total. The van der Waals surface area contributed by atoms with E-state index in [1.807, 2.05) is 26.8 Å². The molecule has 0 atom stereocenters. The Balaban J connectivity index is 2.15. The summed E-state index contributed by atoms with van der Waals surface area (Å²) in [5.41, 5.74) is 0.612. The van der Waals surface area contributed by atoms with Crippen molar-refractivity contribution in [3.8, 4) is 0 Å². The largest absolute Gasteiger partial charge is 0.361 e. The minimum absolute atomic E-state index is 0.107. The molecule has 0 aromatic carbocycles. The van der Waals surface area contributed by atoms with Crippen molar-refractivity contribution in [3.63, 3.8) is 0 Å². The highest BCUT2D eigenvalue weighted by atomic mass is 16.5. The van der Waals surface area contributed by atoms with Crippen LogP contribution in [0.15, 0.2) is 27.8 Å². The lowest BCUT2D eigenvalue weighted by atomic mass is 10.3. The Kier molecular flexibility index (Phi) is 3.45. The highest BCUT2D eigenvalue weighted by Crippen LogP contribution is 2.05. The van der Waals surface area contributed by atoms with Gasteiger partial charge in [0.05, 0.1) is 6.54 Å². The van der Waals surface area contributed by atoms with E-state index in [1.165, 1.54) is 0 Å². The standard InChI is InChI=1S/C12H16N4O2/c1-8(2)16-5-4-13-11(12(16)17)14-7-10-6-9(3)18-15-10/h4-6,8H,7H2,1-3H3,(H,13,14). The van der Waals surface area contributed by atoms with Gasteiger partial charge in [-0.15, -0.1) is 0 Å². The zero-order valence-corrected chi connectivity index (χ0v) is 10.7. The molecule has 2 rings (SSSR count). The van der Waals surface area contributed by atoms with Crippen LogP contribution in [-0.4, -0.2) is 14.7 Å². The minimum Gasteiger partial charge on any atom is -0.361 e. The Hall–Kier alpha value is -2.11. The zero-order valence-electron chi connectivity index (χ0n) is 10.7. The summed E-state index contributed by atoms with van der Waals surface area (Å²) in [7, 11) is 0. The molecule has 0 aliphatic carbocycles. The molecule has 0 saturated heterocycles. The van der Waals surface area contributed by atoms with Crippen LogP contribution in [0.25, 0.3) is 0 Å². The highest BCUT2D eigenvalue weighted by molar-refractivity contribution is 5.31. The molecule has 6 nitrogen and oxygen atoms in total. The fourth-order valence-electron chi connectivity index (χ4n) is 1.63. The number of nitrogens with zero attached hydrogens (tertiary/aromatic N) is 3. The van der Waals surface area contributed by atoms with E-state index in [1.54, 1.807) is 17.0 Å². The third-order valence-corrected chi connectivity index (χ3v) is 2.54. The third kappa shape index (κ3) is 2.58. The van der Waals surface area contributed by atoms with Crippen molar-refractivity contribution < 1.29 is 4.52 Å². The number of hydrogen-bond donors (Lipinski definition) is 1. The van der Waals surface area contributed by atoms with Crippen LogP contribution in [0.2, 0.25) is 0 Å². The number of hydrogen-bond acceptors (Lipinski definition) is 5. The van der Waals surface area contributed by atoms with Gasteiger partial charge in [0, 0.05) is 24.5 Å². The first-order chi connectivity index (χ1) is 8.58. The Morgan fingerprint density at radius 1 is 1.50 bits per heavy atom. The second-order valence-electron chi connectivity index (χ2n) is 4.36. The summed E-state index contributed by atoms with van der Waals surface area (Å²) in [5, 5.41) is 6.81. The monoisotopic (exact) mass is 248 g/mol. The van der Waals surface area contributed by atoms with E-state index in [0.717, 1.165) is 11.5 Å². The van der Waals surface area contributed by atoms with E-state index in [2.05, 4.69) is 15.5 Å². The van der Waals surface area contributed by atoms with Crippen LogP contribution < -0.4 is 10.9 Å². The number of aromatic nitrogens is 3. The van der Waals surface area contributed by atoms with Gasteiger partial charge < -0.3 is 14.4 Å². The molecule has 0 amide bonds. The van der Waals surface area contributed by atoms with Gasteiger partial charge in [-0.1, -0.05) is 5.16 Å². The Morgan fingerprint density at radius 3 is 2.89 bits per heavy atom. The van der Waals surface area contributed by atoms with Crippen molar-refractivity contribution in [3.05, 3.63) is 40.3 Å². The maximum atomic E-state index is 12.0. The van der Waals surface area contributed by atoms with Gasteiger partial charge in [-0.25, -0.2) is 4.98 Å². The van der Waals surface area contributed by atoms with Crippen LogP contribution in [0.4, 0.5) is 5.82 Å². The molecule has 0 aliphatic heterocycles. The molecule has 18 heavy (non-hydrogen) atoms. The Labute approximate surface area is 105 Å². The molecular weight excluding hydrogens is 232 g/mol. The quantitative estimate of drug-likeness (QED) is 0.892. The molecule has 0 unspecified atom stereocenters. The normalized spacial score (nSPS) is 10.9. The average molecular weight is 248 g/mol. The average Bonchev–Trinajstić information content (AvgIpc) is 2.73. The van der Waals surface area contributed by atoms with Crippen LogP contribution in [0, 0.1) is 6.92 Å². The fraction of sp³-hybridized carbons (Fsp3) is 0.417. The molecule has 0 saturated carbocycles. The molecule has 2 aromatic rings. The van der Waals surface area contributed by atoms with E-state index >= 15 is 0 Å². The third-order valence-electron chi connectivity index (χ3n) is 2.54. The Bertz CT molecular complexity index is 586. The van der Waals surface area contributed by atoms with Gasteiger partial charge in [0.25, 0.3) is 5.56 Å². The van der Waals surface area contributed by atoms with Crippen LogP contribution in [0.3, 0.4) is 0 Å². The summed E-state index contributed by atoms with van der Waals surface area (Å²) in [5.74, 6) is 1.07. The molecule has 0 spiro atoms. The van der Waals surface area contributed by atoms with Crippen molar-refractivity contribution in [2.24, 2.45) is 0 Å². The molecule has 6 heteroatoms. The lowest BCUT2D eigenvalue weighted by Gasteiger charge is -2.10.